The van der Waals surface area contributed by atoms with Gasteiger partial charge in [0, 0.05) is 11.8 Å². The van der Waals surface area contributed by atoms with Crippen molar-refractivity contribution in [2.75, 3.05) is 0 Å². The third-order valence-corrected chi connectivity index (χ3v) is 10.8. The Hall–Kier alpha value is -7.03. The highest BCUT2D eigenvalue weighted by molar-refractivity contribution is 6.29. The third kappa shape index (κ3) is 4.84. The van der Waals surface area contributed by atoms with Crippen molar-refractivity contribution in [1.82, 2.24) is 0 Å². The lowest BCUT2D eigenvalue weighted by atomic mass is 9.83. The van der Waals surface area contributed by atoms with Crippen LogP contribution in [0.4, 0.5) is 0 Å². The molecule has 2 N–H and O–H groups in total. The SMILES string of the molecule is C=C/C=C\N=C(N)c1c2ccccc2c(-c2ccc(-c3ccc4ccc5cccc6ccc3c4c56)c3ccccc23)c2ccc(-c3ccccc3)cc12. The van der Waals surface area contributed by atoms with Crippen molar-refractivity contribution in [3.8, 4) is 33.4 Å². The molecule has 10 aromatic rings. The molecule has 248 valence electrons. The fourth-order valence-corrected chi connectivity index (χ4v) is 8.53. The number of hydrogen-bond acceptors (Lipinski definition) is 1. The van der Waals surface area contributed by atoms with Gasteiger partial charge in [-0.15, -0.1) is 0 Å². The van der Waals surface area contributed by atoms with Gasteiger partial charge in [-0.1, -0.05) is 170 Å². The normalized spacial score (nSPS) is 12.3. The van der Waals surface area contributed by atoms with Crippen LogP contribution in [-0.4, -0.2) is 5.84 Å². The highest BCUT2D eigenvalue weighted by Crippen LogP contribution is 2.46. The molecular formula is C51H34N2. The lowest BCUT2D eigenvalue weighted by Crippen LogP contribution is -2.14. The summed E-state index contributed by atoms with van der Waals surface area (Å²) < 4.78 is 0. The number of rotatable bonds is 6. The molecule has 0 aromatic heterocycles. The monoisotopic (exact) mass is 674 g/mol. The lowest BCUT2D eigenvalue weighted by molar-refractivity contribution is 1.49. The van der Waals surface area contributed by atoms with Crippen molar-refractivity contribution in [2.24, 2.45) is 10.7 Å². The van der Waals surface area contributed by atoms with E-state index in [0.717, 1.165) is 38.2 Å². The van der Waals surface area contributed by atoms with Gasteiger partial charge in [0.1, 0.15) is 5.84 Å². The van der Waals surface area contributed by atoms with Crippen LogP contribution < -0.4 is 5.73 Å². The number of nitrogens with zero attached hydrogens (tertiary/aromatic N) is 1. The van der Waals surface area contributed by atoms with Crippen molar-refractivity contribution < 1.29 is 0 Å². The van der Waals surface area contributed by atoms with Crippen LogP contribution in [0.2, 0.25) is 0 Å². The summed E-state index contributed by atoms with van der Waals surface area (Å²) in [5.41, 5.74) is 14.9. The average Bonchev–Trinajstić information content (AvgIpc) is 3.22. The Morgan fingerprint density at radius 2 is 1.02 bits per heavy atom. The molecule has 0 aliphatic heterocycles. The maximum Gasteiger partial charge on any atom is 0.131 e. The molecule has 0 fully saturated rings. The first-order valence-electron chi connectivity index (χ1n) is 18.0. The molecule has 53 heavy (non-hydrogen) atoms. The maximum atomic E-state index is 6.88. The van der Waals surface area contributed by atoms with Crippen molar-refractivity contribution in [2.45, 2.75) is 0 Å². The van der Waals surface area contributed by atoms with Gasteiger partial charge in [-0.3, -0.25) is 0 Å². The molecule has 0 aliphatic carbocycles. The van der Waals surface area contributed by atoms with E-state index in [2.05, 4.69) is 175 Å². The van der Waals surface area contributed by atoms with Gasteiger partial charge in [0.2, 0.25) is 0 Å². The number of allylic oxidation sites excluding steroid dienone is 2. The minimum Gasteiger partial charge on any atom is -0.383 e. The molecule has 0 aliphatic rings. The topological polar surface area (TPSA) is 38.4 Å². The van der Waals surface area contributed by atoms with Crippen LogP contribution in [0.3, 0.4) is 0 Å². The Balaban J connectivity index is 1.28. The first-order chi connectivity index (χ1) is 26.2. The molecular weight excluding hydrogens is 641 g/mol. The number of nitrogens with two attached hydrogens (primary N) is 1. The van der Waals surface area contributed by atoms with E-state index in [9.17, 15) is 0 Å². The van der Waals surface area contributed by atoms with Crippen LogP contribution in [0, 0.1) is 0 Å². The molecule has 0 spiro atoms. The zero-order chi connectivity index (χ0) is 35.5. The predicted octanol–water partition coefficient (Wildman–Crippen LogP) is 13.4. The quantitative estimate of drug-likeness (QED) is 0.0616. The van der Waals surface area contributed by atoms with Crippen molar-refractivity contribution in [3.05, 3.63) is 194 Å². The number of benzene rings is 10. The summed E-state index contributed by atoms with van der Waals surface area (Å²) in [5.74, 6) is 0.468. The fourth-order valence-electron chi connectivity index (χ4n) is 8.53. The molecule has 2 heteroatoms. The summed E-state index contributed by atoms with van der Waals surface area (Å²) in [6.45, 7) is 3.81. The molecule has 0 saturated heterocycles. The Labute approximate surface area is 307 Å². The smallest absolute Gasteiger partial charge is 0.131 e. The molecule has 10 aromatic carbocycles. The summed E-state index contributed by atoms with van der Waals surface area (Å²) in [7, 11) is 0. The van der Waals surface area contributed by atoms with Gasteiger partial charge in [0.25, 0.3) is 0 Å². The van der Waals surface area contributed by atoms with Gasteiger partial charge in [0.05, 0.1) is 0 Å². The first kappa shape index (κ1) is 30.8. The second kappa shape index (κ2) is 12.3. The highest BCUT2D eigenvalue weighted by atomic mass is 14.8. The number of aliphatic imine (C=N–C) groups is 1. The van der Waals surface area contributed by atoms with Crippen LogP contribution in [-0.2, 0) is 0 Å². The lowest BCUT2D eigenvalue weighted by Gasteiger charge is -2.20. The second-order valence-corrected chi connectivity index (χ2v) is 13.7. The number of fused-ring (bicyclic) bond motifs is 3. The van der Waals surface area contributed by atoms with E-state index in [4.69, 9.17) is 5.73 Å². The van der Waals surface area contributed by atoms with E-state index in [1.54, 1.807) is 18.4 Å². The molecule has 0 atom stereocenters. The molecule has 0 amide bonds. The zero-order valence-electron chi connectivity index (χ0n) is 29.1. The molecule has 0 saturated carbocycles. The van der Waals surface area contributed by atoms with Crippen molar-refractivity contribution in [1.29, 1.82) is 0 Å². The summed E-state index contributed by atoms with van der Waals surface area (Å²) in [4.78, 5) is 4.68. The second-order valence-electron chi connectivity index (χ2n) is 13.7. The van der Waals surface area contributed by atoms with Crippen LogP contribution in [0.25, 0.3) is 98.0 Å². The first-order valence-corrected chi connectivity index (χ1v) is 18.0. The molecule has 0 heterocycles. The van der Waals surface area contributed by atoms with Crippen molar-refractivity contribution in [3.63, 3.8) is 0 Å². The van der Waals surface area contributed by atoms with Gasteiger partial charge in [-0.2, -0.15) is 0 Å². The van der Waals surface area contributed by atoms with Crippen LogP contribution in [0.1, 0.15) is 5.56 Å². The van der Waals surface area contributed by atoms with Gasteiger partial charge < -0.3 is 5.73 Å². The largest absolute Gasteiger partial charge is 0.383 e. The van der Waals surface area contributed by atoms with Gasteiger partial charge in [0.15, 0.2) is 0 Å². The molecule has 0 radical (unpaired) electrons. The van der Waals surface area contributed by atoms with E-state index in [0.29, 0.717) is 5.84 Å². The van der Waals surface area contributed by atoms with Gasteiger partial charge in [-0.25, -0.2) is 4.99 Å². The summed E-state index contributed by atoms with van der Waals surface area (Å²) >= 11 is 0. The van der Waals surface area contributed by atoms with Crippen LogP contribution >= 0.6 is 0 Å². The fraction of sp³-hybridized carbons (Fsp3) is 0. The maximum absolute atomic E-state index is 6.88. The van der Waals surface area contributed by atoms with E-state index in [-0.39, 0.29) is 0 Å². The Kier molecular flexibility index (Phi) is 7.16. The summed E-state index contributed by atoms with van der Waals surface area (Å²) in [6, 6.07) is 59.6. The molecule has 0 unspecified atom stereocenters. The Bertz CT molecular complexity index is 3110. The summed E-state index contributed by atoms with van der Waals surface area (Å²) in [6.07, 6.45) is 5.22. The van der Waals surface area contributed by atoms with Gasteiger partial charge in [-0.05, 0) is 110 Å². The van der Waals surface area contributed by atoms with Crippen LogP contribution in [0.5, 0.6) is 0 Å². The number of hydrogen-bond donors (Lipinski definition) is 1. The standard InChI is InChI=1S/C51H34N2/c1-2-3-30-53-51(52)50-42-19-10-9-18-41(42)49(45-27-24-36(31-46(45)50)32-12-5-4-6-13-32)44-29-28-39(37-16-7-8-17-38(37)44)40-25-22-35-21-20-33-14-11-15-34-23-26-43(40)48(35)47(33)34/h2-31H,1H2,(H2,52,53)/b30-3-. The van der Waals surface area contributed by atoms with E-state index in [1.165, 1.54) is 65.3 Å². The third-order valence-electron chi connectivity index (χ3n) is 10.8. The molecule has 10 rings (SSSR count). The molecule has 2 nitrogen and oxygen atoms in total. The molecule has 0 bridgehead atoms. The summed E-state index contributed by atoms with van der Waals surface area (Å²) in [5, 5.41) is 14.6. The van der Waals surface area contributed by atoms with Crippen LogP contribution in [0.15, 0.2) is 194 Å². The highest BCUT2D eigenvalue weighted by Gasteiger charge is 2.21. The van der Waals surface area contributed by atoms with E-state index < -0.39 is 0 Å². The van der Waals surface area contributed by atoms with E-state index in [1.807, 2.05) is 0 Å². The van der Waals surface area contributed by atoms with Crippen molar-refractivity contribution >= 4 is 70.5 Å². The minimum atomic E-state index is 0.468. The predicted molar refractivity (Wildman–Crippen MR) is 229 cm³/mol. The average molecular weight is 675 g/mol. The van der Waals surface area contributed by atoms with Gasteiger partial charge >= 0.3 is 0 Å². The minimum absolute atomic E-state index is 0.468. The van der Waals surface area contributed by atoms with E-state index >= 15 is 0 Å². The zero-order valence-corrected chi connectivity index (χ0v) is 29.1. The Morgan fingerprint density at radius 3 is 1.79 bits per heavy atom. The number of amidine groups is 1. The Morgan fingerprint density at radius 1 is 0.453 bits per heavy atom.